The molecule has 0 saturated heterocycles. The molecule has 0 atom stereocenters. The quantitative estimate of drug-likeness (QED) is 0.808. The fraction of sp³-hybridized carbons (Fsp3) is 0.476. The summed E-state index contributed by atoms with van der Waals surface area (Å²) < 4.78 is 0. The van der Waals surface area contributed by atoms with Crippen LogP contribution in [-0.2, 0) is 22.6 Å². The molecule has 0 unspecified atom stereocenters. The highest BCUT2D eigenvalue weighted by Gasteiger charge is 2.27. The summed E-state index contributed by atoms with van der Waals surface area (Å²) >= 11 is 1.54. The lowest BCUT2D eigenvalue weighted by Crippen LogP contribution is -2.36. The number of fused-ring (bicyclic) bond motifs is 1. The van der Waals surface area contributed by atoms with Crippen molar-refractivity contribution in [2.24, 2.45) is 5.92 Å². The summed E-state index contributed by atoms with van der Waals surface area (Å²) in [6, 6.07) is 6.06. The van der Waals surface area contributed by atoms with Crippen LogP contribution >= 0.6 is 11.3 Å². The van der Waals surface area contributed by atoms with Gasteiger partial charge in [-0.3, -0.25) is 14.5 Å². The Balaban J connectivity index is 1.33. The van der Waals surface area contributed by atoms with Gasteiger partial charge in [0.05, 0.1) is 12.2 Å². The molecule has 7 heteroatoms. The number of rotatable bonds is 5. The first-order valence-corrected chi connectivity index (χ1v) is 10.7. The van der Waals surface area contributed by atoms with Gasteiger partial charge < -0.3 is 10.6 Å². The molecule has 1 aliphatic carbocycles. The van der Waals surface area contributed by atoms with E-state index in [0.717, 1.165) is 59.6 Å². The van der Waals surface area contributed by atoms with Gasteiger partial charge in [0.15, 0.2) is 5.13 Å². The first-order chi connectivity index (χ1) is 13.5. The van der Waals surface area contributed by atoms with E-state index in [1.54, 1.807) is 0 Å². The van der Waals surface area contributed by atoms with Gasteiger partial charge in [-0.1, -0.05) is 12.5 Å². The van der Waals surface area contributed by atoms with Gasteiger partial charge in [-0.05, 0) is 49.9 Å². The van der Waals surface area contributed by atoms with Crippen molar-refractivity contribution in [3.8, 4) is 0 Å². The zero-order valence-electron chi connectivity index (χ0n) is 16.4. The van der Waals surface area contributed by atoms with Crippen LogP contribution in [0.5, 0.6) is 0 Å². The van der Waals surface area contributed by atoms with E-state index in [4.69, 9.17) is 0 Å². The lowest BCUT2D eigenvalue weighted by atomic mass is 9.85. The van der Waals surface area contributed by atoms with E-state index in [-0.39, 0.29) is 17.7 Å². The zero-order chi connectivity index (χ0) is 19.7. The molecule has 0 spiro atoms. The number of amides is 2. The molecule has 2 N–H and O–H groups in total. The maximum atomic E-state index is 12.5. The molecule has 1 fully saturated rings. The van der Waals surface area contributed by atoms with Crippen LogP contribution in [0.1, 0.15) is 41.0 Å². The lowest BCUT2D eigenvalue weighted by molar-refractivity contribution is -0.122. The minimum Gasteiger partial charge on any atom is -0.325 e. The number of thiazole rings is 1. The monoisotopic (exact) mass is 398 g/mol. The van der Waals surface area contributed by atoms with Crippen LogP contribution in [0.15, 0.2) is 18.2 Å². The number of carbonyl (C=O) groups excluding carboxylic acids is 2. The predicted molar refractivity (Wildman–Crippen MR) is 112 cm³/mol. The Morgan fingerprint density at radius 2 is 1.93 bits per heavy atom. The molecule has 2 amide bonds. The van der Waals surface area contributed by atoms with Crippen LogP contribution in [0.4, 0.5) is 10.8 Å². The average molecular weight is 399 g/mol. The molecule has 6 nitrogen and oxygen atoms in total. The van der Waals surface area contributed by atoms with Crippen molar-refractivity contribution in [3.63, 3.8) is 0 Å². The average Bonchev–Trinajstić information content (AvgIpc) is 2.93. The third kappa shape index (κ3) is 4.42. The van der Waals surface area contributed by atoms with Gasteiger partial charge in [-0.25, -0.2) is 4.98 Å². The first-order valence-electron chi connectivity index (χ1n) is 9.86. The van der Waals surface area contributed by atoms with E-state index in [2.05, 4.69) is 26.6 Å². The molecule has 28 heavy (non-hydrogen) atoms. The first kappa shape index (κ1) is 19.1. The summed E-state index contributed by atoms with van der Waals surface area (Å²) in [6.45, 7) is 5.91. The fourth-order valence-corrected chi connectivity index (χ4v) is 4.82. The molecule has 148 valence electrons. The van der Waals surface area contributed by atoms with E-state index in [1.807, 2.05) is 26.0 Å². The Morgan fingerprint density at radius 1 is 1.18 bits per heavy atom. The fourth-order valence-electron chi connectivity index (χ4n) is 3.77. The van der Waals surface area contributed by atoms with Crippen molar-refractivity contribution in [3.05, 3.63) is 39.9 Å². The molecule has 2 aliphatic rings. The van der Waals surface area contributed by atoms with Crippen molar-refractivity contribution >= 4 is 34.0 Å². The molecule has 4 rings (SSSR count). The number of hydrogen-bond acceptors (Lipinski definition) is 5. The van der Waals surface area contributed by atoms with E-state index >= 15 is 0 Å². The lowest BCUT2D eigenvalue weighted by Gasteiger charge is -2.25. The maximum absolute atomic E-state index is 12.5. The van der Waals surface area contributed by atoms with E-state index in [1.165, 1.54) is 11.3 Å². The number of hydrogen-bond donors (Lipinski definition) is 2. The molecule has 1 aromatic heterocycles. The number of nitrogens with one attached hydrogen (secondary N) is 2. The summed E-state index contributed by atoms with van der Waals surface area (Å²) in [5, 5.41) is 6.67. The normalized spacial score (nSPS) is 16.9. The topological polar surface area (TPSA) is 74.3 Å². The molecular weight excluding hydrogens is 372 g/mol. The molecule has 1 aromatic carbocycles. The highest BCUT2D eigenvalue weighted by atomic mass is 32.1. The molecule has 0 bridgehead atoms. The van der Waals surface area contributed by atoms with Crippen LogP contribution in [0.3, 0.4) is 0 Å². The number of nitrogens with zero attached hydrogens (tertiary/aromatic N) is 2. The molecule has 0 radical (unpaired) electrons. The second-order valence-corrected chi connectivity index (χ2v) is 8.97. The van der Waals surface area contributed by atoms with Crippen molar-refractivity contribution < 1.29 is 9.59 Å². The van der Waals surface area contributed by atoms with Crippen LogP contribution in [0, 0.1) is 19.8 Å². The minimum absolute atomic E-state index is 0.00326. The van der Waals surface area contributed by atoms with Crippen LogP contribution in [0.25, 0.3) is 0 Å². The standard InChI is InChI=1S/C21H26N4O2S/c1-13-8-14(2)10-16(9-13)22-19(26)12-25-7-6-17-18(11-25)28-21(23-17)24-20(27)15-4-3-5-15/h8-10,15H,3-7,11-12H2,1-2H3,(H,22,26)(H,23,24,27). The predicted octanol–water partition coefficient (Wildman–Crippen LogP) is 3.50. The minimum atomic E-state index is -0.00326. The third-order valence-corrected chi connectivity index (χ3v) is 6.39. The van der Waals surface area contributed by atoms with Crippen LogP contribution < -0.4 is 10.6 Å². The second kappa shape index (κ2) is 8.01. The smallest absolute Gasteiger partial charge is 0.238 e. The van der Waals surface area contributed by atoms with Gasteiger partial charge >= 0.3 is 0 Å². The van der Waals surface area contributed by atoms with E-state index in [0.29, 0.717) is 18.2 Å². The van der Waals surface area contributed by atoms with Crippen molar-refractivity contribution in [2.45, 2.75) is 46.1 Å². The molecule has 2 aromatic rings. The zero-order valence-corrected chi connectivity index (χ0v) is 17.2. The highest BCUT2D eigenvalue weighted by molar-refractivity contribution is 7.15. The second-order valence-electron chi connectivity index (χ2n) is 7.89. The van der Waals surface area contributed by atoms with Gasteiger partial charge in [0.1, 0.15) is 0 Å². The van der Waals surface area contributed by atoms with E-state index in [9.17, 15) is 9.59 Å². The number of aryl methyl sites for hydroxylation is 2. The van der Waals surface area contributed by atoms with Gasteiger partial charge in [0.2, 0.25) is 11.8 Å². The van der Waals surface area contributed by atoms with E-state index < -0.39 is 0 Å². The SMILES string of the molecule is Cc1cc(C)cc(NC(=O)CN2CCc3nc(NC(=O)C4CCC4)sc3C2)c1. The summed E-state index contributed by atoms with van der Waals surface area (Å²) in [5.41, 5.74) is 4.18. The van der Waals surface area contributed by atoms with Crippen molar-refractivity contribution in [1.29, 1.82) is 0 Å². The van der Waals surface area contributed by atoms with Gasteiger partial charge in [-0.15, -0.1) is 11.3 Å². The van der Waals surface area contributed by atoms with Crippen LogP contribution in [-0.4, -0.2) is 34.8 Å². The summed E-state index contributed by atoms with van der Waals surface area (Å²) in [6.07, 6.45) is 3.92. The van der Waals surface area contributed by atoms with Gasteiger partial charge in [-0.2, -0.15) is 0 Å². The summed E-state index contributed by atoms with van der Waals surface area (Å²) in [4.78, 5) is 32.5. The Kier molecular flexibility index (Phi) is 5.46. The highest BCUT2D eigenvalue weighted by Crippen LogP contribution is 2.31. The summed E-state index contributed by atoms with van der Waals surface area (Å²) in [7, 11) is 0. The number of anilines is 2. The van der Waals surface area contributed by atoms with Crippen molar-refractivity contribution in [1.82, 2.24) is 9.88 Å². The Morgan fingerprint density at radius 3 is 2.61 bits per heavy atom. The molecule has 1 saturated carbocycles. The Labute approximate surface area is 169 Å². The molecular formula is C21H26N4O2S. The molecule has 2 heterocycles. The number of carbonyl (C=O) groups is 2. The summed E-state index contributed by atoms with van der Waals surface area (Å²) in [5.74, 6) is 0.255. The number of aromatic nitrogens is 1. The number of benzene rings is 1. The van der Waals surface area contributed by atoms with Gasteiger partial charge in [0, 0.05) is 36.0 Å². The maximum Gasteiger partial charge on any atom is 0.238 e. The largest absolute Gasteiger partial charge is 0.325 e. The Hall–Kier alpha value is -2.25. The van der Waals surface area contributed by atoms with Crippen molar-refractivity contribution in [2.75, 3.05) is 23.7 Å². The third-order valence-electron chi connectivity index (χ3n) is 5.39. The van der Waals surface area contributed by atoms with Gasteiger partial charge in [0.25, 0.3) is 0 Å². The Bertz CT molecular complexity index is 884. The van der Waals surface area contributed by atoms with Crippen LogP contribution in [0.2, 0.25) is 0 Å². The molecule has 1 aliphatic heterocycles.